The predicted octanol–water partition coefficient (Wildman–Crippen LogP) is 4.47. The average Bonchev–Trinajstić information content (AvgIpc) is 2.61. The molecule has 4 heteroatoms. The van der Waals surface area contributed by atoms with E-state index < -0.39 is 0 Å². The molecule has 1 saturated heterocycles. The highest BCUT2D eigenvalue weighted by molar-refractivity contribution is 5.25. The molecule has 0 saturated carbocycles. The van der Waals surface area contributed by atoms with Crippen molar-refractivity contribution in [2.45, 2.75) is 45.6 Å². The Kier molecular flexibility index (Phi) is 6.03. The van der Waals surface area contributed by atoms with Gasteiger partial charge in [0.05, 0.1) is 0 Å². The van der Waals surface area contributed by atoms with Gasteiger partial charge in [0.15, 0.2) is 0 Å². The third kappa shape index (κ3) is 5.02. The Morgan fingerprint density at radius 1 is 1.20 bits per heavy atom. The van der Waals surface area contributed by atoms with Gasteiger partial charge in [-0.2, -0.15) is 0 Å². The van der Waals surface area contributed by atoms with Crippen molar-refractivity contribution < 1.29 is 9.13 Å². The highest BCUT2D eigenvalue weighted by Gasteiger charge is 2.17. The third-order valence-corrected chi connectivity index (χ3v) is 4.64. The summed E-state index contributed by atoms with van der Waals surface area (Å²) in [5.41, 5.74) is 2.68. The van der Waals surface area contributed by atoms with Gasteiger partial charge >= 0.3 is 0 Å². The lowest BCUT2D eigenvalue weighted by Crippen LogP contribution is -2.27. The fraction of sp³-hybridized carbons (Fsp3) is 0.476. The fourth-order valence-electron chi connectivity index (χ4n) is 3.31. The first-order valence-corrected chi connectivity index (χ1v) is 9.19. The van der Waals surface area contributed by atoms with E-state index in [1.807, 2.05) is 24.3 Å². The van der Waals surface area contributed by atoms with Gasteiger partial charge in [-0.05, 0) is 56.0 Å². The van der Waals surface area contributed by atoms with Crippen molar-refractivity contribution in [2.75, 3.05) is 13.1 Å². The van der Waals surface area contributed by atoms with Crippen LogP contribution in [0.2, 0.25) is 0 Å². The lowest BCUT2D eigenvalue weighted by atomic mass is 9.94. The topological polar surface area (TPSA) is 34.1 Å². The standard InChI is InChI=1S/C21H27FN2O/c1-15(2)12-16-6-7-18(19(22)13-16)14-25-21-5-3-4-20(24-21)17-8-10-23-11-9-17/h3-7,13,15,17,23H,8-12,14H2,1-2H3. The molecular formula is C21H27FN2O. The van der Waals surface area contributed by atoms with E-state index in [0.29, 0.717) is 23.3 Å². The summed E-state index contributed by atoms with van der Waals surface area (Å²) in [7, 11) is 0. The van der Waals surface area contributed by atoms with Crippen LogP contribution in [0.15, 0.2) is 36.4 Å². The monoisotopic (exact) mass is 342 g/mol. The van der Waals surface area contributed by atoms with Crippen molar-refractivity contribution in [3.05, 3.63) is 59.0 Å². The molecule has 3 rings (SSSR count). The average molecular weight is 342 g/mol. The summed E-state index contributed by atoms with van der Waals surface area (Å²) in [6.45, 7) is 6.54. The maximum Gasteiger partial charge on any atom is 0.213 e. The van der Waals surface area contributed by atoms with Crippen LogP contribution in [0.3, 0.4) is 0 Å². The highest BCUT2D eigenvalue weighted by atomic mass is 19.1. The predicted molar refractivity (Wildman–Crippen MR) is 98.4 cm³/mol. The number of benzene rings is 1. The van der Waals surface area contributed by atoms with Gasteiger partial charge in [-0.25, -0.2) is 9.37 Å². The van der Waals surface area contributed by atoms with Gasteiger partial charge in [0.25, 0.3) is 0 Å². The Morgan fingerprint density at radius 3 is 2.72 bits per heavy atom. The molecule has 1 aromatic heterocycles. The van der Waals surface area contributed by atoms with Crippen LogP contribution in [0, 0.1) is 11.7 Å². The van der Waals surface area contributed by atoms with Crippen molar-refractivity contribution in [1.82, 2.24) is 10.3 Å². The molecule has 0 unspecified atom stereocenters. The summed E-state index contributed by atoms with van der Waals surface area (Å²) in [5, 5.41) is 3.37. The van der Waals surface area contributed by atoms with Crippen molar-refractivity contribution in [3.8, 4) is 5.88 Å². The molecule has 1 aliphatic heterocycles. The molecule has 2 heterocycles. The molecule has 3 nitrogen and oxygen atoms in total. The largest absolute Gasteiger partial charge is 0.473 e. The van der Waals surface area contributed by atoms with E-state index in [9.17, 15) is 4.39 Å². The fourth-order valence-corrected chi connectivity index (χ4v) is 3.31. The molecule has 0 aliphatic carbocycles. The second kappa shape index (κ2) is 8.43. The molecule has 1 N–H and O–H groups in total. The van der Waals surface area contributed by atoms with E-state index in [0.717, 1.165) is 43.6 Å². The zero-order valence-corrected chi connectivity index (χ0v) is 15.1. The van der Waals surface area contributed by atoms with Gasteiger partial charge in [-0.15, -0.1) is 0 Å². The van der Waals surface area contributed by atoms with Gasteiger partial charge < -0.3 is 10.1 Å². The van der Waals surface area contributed by atoms with Crippen LogP contribution in [0.4, 0.5) is 4.39 Å². The maximum absolute atomic E-state index is 14.3. The summed E-state index contributed by atoms with van der Waals surface area (Å²) in [5.74, 6) is 1.37. The maximum atomic E-state index is 14.3. The first-order chi connectivity index (χ1) is 12.1. The van der Waals surface area contributed by atoms with E-state index in [-0.39, 0.29) is 12.4 Å². The first-order valence-electron chi connectivity index (χ1n) is 9.19. The van der Waals surface area contributed by atoms with Crippen LogP contribution in [-0.4, -0.2) is 18.1 Å². The number of ether oxygens (including phenoxy) is 1. The summed E-state index contributed by atoms with van der Waals surface area (Å²) in [4.78, 5) is 4.63. The molecule has 2 aromatic rings. The summed E-state index contributed by atoms with van der Waals surface area (Å²) in [6, 6.07) is 11.3. The number of nitrogens with one attached hydrogen (secondary N) is 1. The minimum atomic E-state index is -0.201. The molecule has 1 aliphatic rings. The highest BCUT2D eigenvalue weighted by Crippen LogP contribution is 2.25. The molecule has 0 bridgehead atoms. The van der Waals surface area contributed by atoms with Crippen LogP contribution in [0.1, 0.15) is 49.4 Å². The van der Waals surface area contributed by atoms with Gasteiger partial charge in [-0.3, -0.25) is 0 Å². The van der Waals surface area contributed by atoms with Crippen LogP contribution in [0.5, 0.6) is 5.88 Å². The molecule has 1 fully saturated rings. The van der Waals surface area contributed by atoms with E-state index in [4.69, 9.17) is 4.74 Å². The third-order valence-electron chi connectivity index (χ3n) is 4.64. The van der Waals surface area contributed by atoms with Crippen LogP contribution < -0.4 is 10.1 Å². The van der Waals surface area contributed by atoms with Crippen molar-refractivity contribution >= 4 is 0 Å². The normalized spacial score (nSPS) is 15.5. The van der Waals surface area contributed by atoms with E-state index in [2.05, 4.69) is 30.2 Å². The smallest absolute Gasteiger partial charge is 0.213 e. The Morgan fingerprint density at radius 2 is 2.00 bits per heavy atom. The van der Waals surface area contributed by atoms with E-state index >= 15 is 0 Å². The van der Waals surface area contributed by atoms with Crippen LogP contribution in [-0.2, 0) is 13.0 Å². The molecule has 25 heavy (non-hydrogen) atoms. The second-order valence-corrected chi connectivity index (χ2v) is 7.24. The molecule has 134 valence electrons. The van der Waals surface area contributed by atoms with E-state index in [1.54, 1.807) is 6.07 Å². The zero-order valence-electron chi connectivity index (χ0n) is 15.1. The lowest BCUT2D eigenvalue weighted by Gasteiger charge is -2.22. The van der Waals surface area contributed by atoms with E-state index in [1.165, 1.54) is 0 Å². The van der Waals surface area contributed by atoms with Gasteiger partial charge in [-0.1, -0.05) is 32.0 Å². The second-order valence-electron chi connectivity index (χ2n) is 7.24. The van der Waals surface area contributed by atoms with Crippen molar-refractivity contribution in [2.24, 2.45) is 5.92 Å². The molecule has 0 amide bonds. The number of pyridine rings is 1. The molecule has 0 radical (unpaired) electrons. The molecule has 0 atom stereocenters. The van der Waals surface area contributed by atoms with Crippen molar-refractivity contribution in [3.63, 3.8) is 0 Å². The number of nitrogens with zero attached hydrogens (tertiary/aromatic N) is 1. The summed E-state index contributed by atoms with van der Waals surface area (Å²) in [6.07, 6.45) is 3.09. The molecule has 0 spiro atoms. The quantitative estimate of drug-likeness (QED) is 0.841. The SMILES string of the molecule is CC(C)Cc1ccc(COc2cccc(C3CCNCC3)n2)c(F)c1. The number of hydrogen-bond acceptors (Lipinski definition) is 3. The number of hydrogen-bond donors (Lipinski definition) is 1. The molecular weight excluding hydrogens is 315 g/mol. The number of rotatable bonds is 6. The Bertz CT molecular complexity index is 696. The molecule has 1 aromatic carbocycles. The van der Waals surface area contributed by atoms with Crippen molar-refractivity contribution in [1.29, 1.82) is 0 Å². The summed E-state index contributed by atoms with van der Waals surface area (Å²) < 4.78 is 20.0. The van der Waals surface area contributed by atoms with Gasteiger partial charge in [0.1, 0.15) is 12.4 Å². The van der Waals surface area contributed by atoms with Gasteiger partial charge in [0, 0.05) is 23.2 Å². The first kappa shape index (κ1) is 17.9. The summed E-state index contributed by atoms with van der Waals surface area (Å²) >= 11 is 0. The number of halogens is 1. The Labute approximate surface area is 149 Å². The Hall–Kier alpha value is -1.94. The number of aromatic nitrogens is 1. The van der Waals surface area contributed by atoms with Crippen LogP contribution in [0.25, 0.3) is 0 Å². The zero-order chi connectivity index (χ0) is 17.6. The lowest BCUT2D eigenvalue weighted by molar-refractivity contribution is 0.286. The van der Waals surface area contributed by atoms with Gasteiger partial charge in [0.2, 0.25) is 5.88 Å². The minimum Gasteiger partial charge on any atom is -0.473 e. The minimum absolute atomic E-state index is 0.201. The number of piperidine rings is 1. The Balaban J connectivity index is 1.63. The van der Waals surface area contributed by atoms with Crippen LogP contribution >= 0.6 is 0 Å².